The molecule has 0 unspecified atom stereocenters. The van der Waals surface area contributed by atoms with Crippen LogP contribution in [-0.4, -0.2) is 23.4 Å². The van der Waals surface area contributed by atoms with Gasteiger partial charge in [-0.05, 0) is 17.8 Å². The van der Waals surface area contributed by atoms with E-state index in [1.807, 2.05) is 37.5 Å². The second-order valence-electron chi connectivity index (χ2n) is 2.32. The van der Waals surface area contributed by atoms with Crippen LogP contribution >= 0.6 is 0 Å². The molecule has 0 bridgehead atoms. The summed E-state index contributed by atoms with van der Waals surface area (Å²) in [5, 5.41) is 16.9. The normalized spacial score (nSPS) is 8.93. The van der Waals surface area contributed by atoms with Crippen molar-refractivity contribution < 1.29 is 15.0 Å². The summed E-state index contributed by atoms with van der Waals surface area (Å²) in [6, 6.07) is 10.2. The van der Waals surface area contributed by atoms with E-state index in [-0.39, 0.29) is 0 Å². The molecule has 14 heavy (non-hydrogen) atoms. The van der Waals surface area contributed by atoms with Gasteiger partial charge < -0.3 is 15.5 Å². The van der Waals surface area contributed by atoms with Crippen LogP contribution in [0.3, 0.4) is 0 Å². The van der Waals surface area contributed by atoms with Crippen LogP contribution in [0, 0.1) is 0 Å². The van der Waals surface area contributed by atoms with Gasteiger partial charge in [0, 0.05) is 7.05 Å². The van der Waals surface area contributed by atoms with Crippen LogP contribution in [0.1, 0.15) is 5.56 Å². The van der Waals surface area contributed by atoms with Crippen molar-refractivity contribution in [2.45, 2.75) is 0 Å². The van der Waals surface area contributed by atoms with Crippen LogP contribution in [0.15, 0.2) is 36.5 Å². The molecule has 76 valence electrons. The van der Waals surface area contributed by atoms with Gasteiger partial charge in [0.2, 0.25) is 0 Å². The number of benzene rings is 1. The molecule has 0 fully saturated rings. The third kappa shape index (κ3) is 8.13. The number of rotatable bonds is 2. The van der Waals surface area contributed by atoms with Gasteiger partial charge >= 0.3 is 6.16 Å². The van der Waals surface area contributed by atoms with Crippen LogP contribution < -0.4 is 5.32 Å². The Hall–Kier alpha value is -1.97. The molecule has 1 aromatic rings. The molecule has 1 rings (SSSR count). The molecule has 3 N–H and O–H groups in total. The van der Waals surface area contributed by atoms with Crippen molar-refractivity contribution >= 4 is 12.2 Å². The predicted molar refractivity (Wildman–Crippen MR) is 55.2 cm³/mol. The Kier molecular flexibility index (Phi) is 6.59. The Labute approximate surface area is 82.5 Å². The van der Waals surface area contributed by atoms with Gasteiger partial charge in [0.05, 0.1) is 0 Å². The van der Waals surface area contributed by atoms with Crippen LogP contribution in [-0.2, 0) is 0 Å². The fourth-order valence-corrected chi connectivity index (χ4v) is 0.744. The van der Waals surface area contributed by atoms with E-state index < -0.39 is 6.16 Å². The predicted octanol–water partition coefficient (Wildman–Crippen LogP) is 2.10. The SMILES string of the molecule is CNC=Cc1ccccc1.O=C(O)O. The number of carbonyl (C=O) groups is 1. The van der Waals surface area contributed by atoms with Crippen molar-refractivity contribution in [1.82, 2.24) is 5.32 Å². The van der Waals surface area contributed by atoms with Crippen LogP contribution in [0.5, 0.6) is 0 Å². The zero-order valence-corrected chi connectivity index (χ0v) is 7.84. The van der Waals surface area contributed by atoms with Crippen LogP contribution in [0.25, 0.3) is 6.08 Å². The largest absolute Gasteiger partial charge is 0.503 e. The van der Waals surface area contributed by atoms with Crippen molar-refractivity contribution in [2.24, 2.45) is 0 Å². The van der Waals surface area contributed by atoms with Gasteiger partial charge in [-0.3, -0.25) is 0 Å². The fourth-order valence-electron chi connectivity index (χ4n) is 0.744. The van der Waals surface area contributed by atoms with E-state index in [0.29, 0.717) is 0 Å². The number of hydrogen-bond acceptors (Lipinski definition) is 2. The highest BCUT2D eigenvalue weighted by molar-refractivity contribution is 5.53. The van der Waals surface area contributed by atoms with Gasteiger partial charge in [-0.1, -0.05) is 30.3 Å². The van der Waals surface area contributed by atoms with E-state index in [1.165, 1.54) is 5.56 Å². The number of carboxylic acid groups (broad SMARTS) is 2. The minimum Gasteiger partial charge on any atom is -0.450 e. The fraction of sp³-hybridized carbons (Fsp3) is 0.100. The summed E-state index contributed by atoms with van der Waals surface area (Å²) in [6.07, 6.45) is 2.11. The highest BCUT2D eigenvalue weighted by atomic mass is 16.6. The van der Waals surface area contributed by atoms with Crippen molar-refractivity contribution in [1.29, 1.82) is 0 Å². The van der Waals surface area contributed by atoms with Crippen LogP contribution in [0.2, 0.25) is 0 Å². The molecular formula is C10H13NO3. The topological polar surface area (TPSA) is 69.6 Å². The monoisotopic (exact) mass is 195 g/mol. The van der Waals surface area contributed by atoms with E-state index in [9.17, 15) is 0 Å². The lowest BCUT2D eigenvalue weighted by atomic mass is 10.2. The molecule has 0 spiro atoms. The first-order valence-corrected chi connectivity index (χ1v) is 3.97. The van der Waals surface area contributed by atoms with Gasteiger partial charge in [0.15, 0.2) is 0 Å². The van der Waals surface area contributed by atoms with Gasteiger partial charge in [-0.15, -0.1) is 0 Å². The van der Waals surface area contributed by atoms with Crippen molar-refractivity contribution in [2.75, 3.05) is 7.05 Å². The maximum absolute atomic E-state index is 8.56. The number of hydrogen-bond donors (Lipinski definition) is 3. The summed E-state index contributed by atoms with van der Waals surface area (Å²) in [6.45, 7) is 0. The Morgan fingerprint density at radius 3 is 2.21 bits per heavy atom. The summed E-state index contributed by atoms with van der Waals surface area (Å²) >= 11 is 0. The molecule has 4 nitrogen and oxygen atoms in total. The highest BCUT2D eigenvalue weighted by Crippen LogP contribution is 1.98. The highest BCUT2D eigenvalue weighted by Gasteiger charge is 1.78. The first kappa shape index (κ1) is 12.0. The Bertz CT molecular complexity index is 279. The molecule has 0 atom stereocenters. The average molecular weight is 195 g/mol. The van der Waals surface area contributed by atoms with Crippen molar-refractivity contribution in [3.8, 4) is 0 Å². The second-order valence-corrected chi connectivity index (χ2v) is 2.32. The first-order chi connectivity index (χ1) is 6.66. The summed E-state index contributed by atoms with van der Waals surface area (Å²) in [5.74, 6) is 0. The van der Waals surface area contributed by atoms with Gasteiger partial charge in [-0.2, -0.15) is 0 Å². The molecule has 0 heterocycles. The van der Waals surface area contributed by atoms with Gasteiger partial charge in [0.1, 0.15) is 0 Å². The van der Waals surface area contributed by atoms with Gasteiger partial charge in [-0.25, -0.2) is 4.79 Å². The Balaban J connectivity index is 0.000000364. The molecule has 0 amide bonds. The standard InChI is InChI=1S/C9H11N.CH2O3/c1-10-8-7-9-5-3-2-4-6-9;2-1(3)4/h2-8,10H,1H3;(H2,2,3,4). The summed E-state index contributed by atoms with van der Waals surface area (Å²) in [5.41, 5.74) is 1.22. The maximum atomic E-state index is 8.56. The smallest absolute Gasteiger partial charge is 0.450 e. The molecule has 0 aromatic heterocycles. The lowest BCUT2D eigenvalue weighted by Crippen LogP contribution is -1.90. The Morgan fingerprint density at radius 2 is 1.79 bits per heavy atom. The molecule has 0 saturated heterocycles. The van der Waals surface area contributed by atoms with Crippen LogP contribution in [0.4, 0.5) is 4.79 Å². The summed E-state index contributed by atoms with van der Waals surface area (Å²) in [7, 11) is 1.89. The van der Waals surface area contributed by atoms with Gasteiger partial charge in [0.25, 0.3) is 0 Å². The molecule has 0 saturated carbocycles. The van der Waals surface area contributed by atoms with E-state index in [0.717, 1.165) is 0 Å². The Morgan fingerprint density at radius 1 is 1.29 bits per heavy atom. The van der Waals surface area contributed by atoms with Crippen molar-refractivity contribution in [3.63, 3.8) is 0 Å². The third-order valence-corrected chi connectivity index (χ3v) is 1.24. The lowest BCUT2D eigenvalue weighted by molar-refractivity contribution is 0.137. The quantitative estimate of drug-likeness (QED) is 0.675. The zero-order valence-electron chi connectivity index (χ0n) is 7.84. The van der Waals surface area contributed by atoms with E-state index >= 15 is 0 Å². The van der Waals surface area contributed by atoms with E-state index in [1.54, 1.807) is 0 Å². The molecule has 0 aliphatic carbocycles. The molecule has 0 aliphatic heterocycles. The minimum atomic E-state index is -1.83. The molecular weight excluding hydrogens is 182 g/mol. The first-order valence-electron chi connectivity index (χ1n) is 3.97. The minimum absolute atomic E-state index is 1.22. The molecule has 4 heteroatoms. The summed E-state index contributed by atoms with van der Waals surface area (Å²) in [4.78, 5) is 8.56. The second kappa shape index (κ2) is 7.67. The molecule has 1 aromatic carbocycles. The maximum Gasteiger partial charge on any atom is 0.503 e. The number of nitrogens with one attached hydrogen (secondary N) is 1. The van der Waals surface area contributed by atoms with E-state index in [2.05, 4.69) is 17.4 Å². The molecule has 0 radical (unpaired) electrons. The summed E-state index contributed by atoms with van der Waals surface area (Å²) < 4.78 is 0. The molecule has 0 aliphatic rings. The lowest BCUT2D eigenvalue weighted by Gasteiger charge is -1.89. The third-order valence-electron chi connectivity index (χ3n) is 1.24. The average Bonchev–Trinajstić information content (AvgIpc) is 2.15. The van der Waals surface area contributed by atoms with Crippen molar-refractivity contribution in [3.05, 3.63) is 42.1 Å². The zero-order chi connectivity index (χ0) is 10.8. The van der Waals surface area contributed by atoms with E-state index in [4.69, 9.17) is 15.0 Å².